The Hall–Kier alpha value is -0.100. The second-order valence-electron chi connectivity index (χ2n) is 4.28. The summed E-state index contributed by atoms with van der Waals surface area (Å²) in [7, 11) is -3.04. The van der Waals surface area contributed by atoms with Crippen molar-refractivity contribution >= 4 is 21.6 Å². The van der Waals surface area contributed by atoms with Crippen molar-refractivity contribution in [2.75, 3.05) is 32.4 Å². The summed E-state index contributed by atoms with van der Waals surface area (Å²) >= 11 is 5.63. The molecule has 0 spiro atoms. The molecule has 0 amide bonds. The van der Waals surface area contributed by atoms with Crippen LogP contribution in [0, 0.1) is 5.92 Å². The van der Waals surface area contributed by atoms with Gasteiger partial charge in [0.1, 0.15) is 0 Å². The van der Waals surface area contributed by atoms with E-state index in [0.29, 0.717) is 30.6 Å². The van der Waals surface area contributed by atoms with Crippen molar-refractivity contribution in [2.45, 2.75) is 12.8 Å². The molecule has 1 rings (SSSR count). The minimum Gasteiger partial charge on any atom is -0.311 e. The van der Waals surface area contributed by atoms with Gasteiger partial charge in [0.05, 0.1) is 6.26 Å². The van der Waals surface area contributed by atoms with E-state index in [4.69, 9.17) is 11.6 Å². The van der Waals surface area contributed by atoms with Crippen LogP contribution in [0.25, 0.3) is 0 Å². The molecule has 1 atom stereocenters. The van der Waals surface area contributed by atoms with Gasteiger partial charge < -0.3 is 5.32 Å². The van der Waals surface area contributed by atoms with E-state index in [1.165, 1.54) is 6.26 Å². The maximum absolute atomic E-state index is 11.4. The Bertz CT molecular complexity index is 343. The molecule has 1 fully saturated rings. The normalized spacial score (nSPS) is 23.2. The van der Waals surface area contributed by atoms with Crippen molar-refractivity contribution in [3.63, 3.8) is 0 Å². The van der Waals surface area contributed by atoms with Crippen LogP contribution in [0.5, 0.6) is 0 Å². The number of nitrogens with zero attached hydrogens (tertiary/aromatic N) is 1. The second kappa shape index (κ2) is 6.00. The van der Waals surface area contributed by atoms with E-state index in [0.717, 1.165) is 19.4 Å². The summed E-state index contributed by atoms with van der Waals surface area (Å²) in [6, 6.07) is 0. The number of halogens is 1. The molecule has 1 aliphatic heterocycles. The van der Waals surface area contributed by atoms with Gasteiger partial charge in [-0.1, -0.05) is 18.2 Å². The van der Waals surface area contributed by atoms with Gasteiger partial charge in [-0.2, -0.15) is 0 Å². The van der Waals surface area contributed by atoms with Gasteiger partial charge in [-0.15, -0.1) is 0 Å². The molecule has 0 aliphatic carbocycles. The zero-order chi connectivity index (χ0) is 12.2. The fraction of sp³-hybridized carbons (Fsp3) is 0.800. The first-order chi connectivity index (χ1) is 7.39. The van der Waals surface area contributed by atoms with E-state index < -0.39 is 10.0 Å². The van der Waals surface area contributed by atoms with Crippen LogP contribution in [-0.2, 0) is 10.0 Å². The van der Waals surface area contributed by atoms with Crippen LogP contribution in [0.3, 0.4) is 0 Å². The lowest BCUT2D eigenvalue weighted by molar-refractivity contribution is 0.263. The first-order valence-electron chi connectivity index (χ1n) is 5.38. The topological polar surface area (TPSA) is 49.4 Å². The highest BCUT2D eigenvalue weighted by molar-refractivity contribution is 7.88. The summed E-state index contributed by atoms with van der Waals surface area (Å²) in [5.41, 5.74) is 0. The Morgan fingerprint density at radius 3 is 2.88 bits per heavy atom. The molecule has 1 N–H and O–H groups in total. The van der Waals surface area contributed by atoms with E-state index in [1.807, 2.05) is 0 Å². The molecule has 6 heteroatoms. The molecular formula is C10H19ClN2O2S. The quantitative estimate of drug-likeness (QED) is 0.808. The van der Waals surface area contributed by atoms with Crippen molar-refractivity contribution in [3.05, 3.63) is 11.6 Å². The first kappa shape index (κ1) is 14.0. The van der Waals surface area contributed by atoms with E-state index in [1.54, 1.807) is 4.31 Å². The summed E-state index contributed by atoms with van der Waals surface area (Å²) in [5.74, 6) is 0.375. The Labute approximate surface area is 103 Å². The van der Waals surface area contributed by atoms with E-state index >= 15 is 0 Å². The van der Waals surface area contributed by atoms with Crippen LogP contribution >= 0.6 is 11.6 Å². The average molecular weight is 267 g/mol. The predicted octanol–water partition coefficient (Wildman–Crippen LogP) is 1.00. The molecule has 0 aromatic rings. The second-order valence-corrected chi connectivity index (χ2v) is 6.79. The van der Waals surface area contributed by atoms with Gasteiger partial charge in [-0.25, -0.2) is 12.7 Å². The summed E-state index contributed by atoms with van der Waals surface area (Å²) in [4.78, 5) is 0. The molecule has 1 aliphatic rings. The Morgan fingerprint density at radius 1 is 1.62 bits per heavy atom. The van der Waals surface area contributed by atoms with Crippen molar-refractivity contribution in [3.8, 4) is 0 Å². The SMILES string of the molecule is C=C(Cl)CNCC1CCCN(S(C)(=O)=O)C1. The van der Waals surface area contributed by atoms with Gasteiger partial charge in [0.25, 0.3) is 0 Å². The van der Waals surface area contributed by atoms with Crippen molar-refractivity contribution in [1.29, 1.82) is 0 Å². The molecule has 94 valence electrons. The fourth-order valence-electron chi connectivity index (χ4n) is 1.91. The van der Waals surface area contributed by atoms with Gasteiger partial charge in [0, 0.05) is 24.7 Å². The highest BCUT2D eigenvalue weighted by Gasteiger charge is 2.25. The molecule has 4 nitrogen and oxygen atoms in total. The highest BCUT2D eigenvalue weighted by Crippen LogP contribution is 2.17. The van der Waals surface area contributed by atoms with Crippen molar-refractivity contribution < 1.29 is 8.42 Å². The molecule has 0 radical (unpaired) electrons. The third-order valence-corrected chi connectivity index (χ3v) is 4.10. The van der Waals surface area contributed by atoms with Gasteiger partial charge in [0.2, 0.25) is 10.0 Å². The molecule has 1 saturated heterocycles. The fourth-order valence-corrected chi connectivity index (χ4v) is 2.94. The highest BCUT2D eigenvalue weighted by atomic mass is 35.5. The average Bonchev–Trinajstić information content (AvgIpc) is 2.16. The molecular weight excluding hydrogens is 248 g/mol. The smallest absolute Gasteiger partial charge is 0.211 e. The van der Waals surface area contributed by atoms with E-state index in [2.05, 4.69) is 11.9 Å². The van der Waals surface area contributed by atoms with Gasteiger partial charge >= 0.3 is 0 Å². The number of hydrogen-bond acceptors (Lipinski definition) is 3. The molecule has 16 heavy (non-hydrogen) atoms. The Balaban J connectivity index is 2.36. The summed E-state index contributed by atoms with van der Waals surface area (Å²) in [6.45, 7) is 6.22. The molecule has 1 unspecified atom stereocenters. The number of sulfonamides is 1. The largest absolute Gasteiger partial charge is 0.311 e. The third-order valence-electron chi connectivity index (χ3n) is 2.70. The maximum atomic E-state index is 11.4. The zero-order valence-electron chi connectivity index (χ0n) is 9.58. The van der Waals surface area contributed by atoms with Gasteiger partial charge in [0.15, 0.2) is 0 Å². The molecule has 0 saturated carbocycles. The van der Waals surface area contributed by atoms with Crippen LogP contribution in [0.2, 0.25) is 0 Å². The number of nitrogens with one attached hydrogen (secondary N) is 1. The molecule has 0 aromatic carbocycles. The number of piperidine rings is 1. The maximum Gasteiger partial charge on any atom is 0.211 e. The minimum atomic E-state index is -3.04. The zero-order valence-corrected chi connectivity index (χ0v) is 11.1. The van der Waals surface area contributed by atoms with E-state index in [-0.39, 0.29) is 0 Å². The minimum absolute atomic E-state index is 0.375. The Morgan fingerprint density at radius 2 is 2.31 bits per heavy atom. The molecule has 0 bridgehead atoms. The monoisotopic (exact) mass is 266 g/mol. The van der Waals surface area contributed by atoms with Crippen molar-refractivity contribution in [1.82, 2.24) is 9.62 Å². The summed E-state index contributed by atoms with van der Waals surface area (Å²) in [5, 5.41) is 3.75. The molecule has 1 heterocycles. The number of hydrogen-bond donors (Lipinski definition) is 1. The Kier molecular flexibility index (Phi) is 5.24. The van der Waals surface area contributed by atoms with Crippen LogP contribution in [0.4, 0.5) is 0 Å². The predicted molar refractivity (Wildman–Crippen MR) is 67.0 cm³/mol. The van der Waals surface area contributed by atoms with Gasteiger partial charge in [-0.05, 0) is 25.3 Å². The van der Waals surface area contributed by atoms with Gasteiger partial charge in [-0.3, -0.25) is 0 Å². The van der Waals surface area contributed by atoms with Crippen LogP contribution in [-0.4, -0.2) is 45.2 Å². The van der Waals surface area contributed by atoms with Crippen LogP contribution in [0.1, 0.15) is 12.8 Å². The molecule has 0 aromatic heterocycles. The van der Waals surface area contributed by atoms with Crippen molar-refractivity contribution in [2.24, 2.45) is 5.92 Å². The van der Waals surface area contributed by atoms with E-state index in [9.17, 15) is 8.42 Å². The first-order valence-corrected chi connectivity index (χ1v) is 7.61. The standard InChI is InChI=1S/C10H19ClN2O2S/c1-9(11)6-12-7-10-4-3-5-13(8-10)16(2,14)15/h10,12H,1,3-8H2,2H3. The summed E-state index contributed by atoms with van der Waals surface area (Å²) < 4.78 is 24.3. The third kappa shape index (κ3) is 4.82. The summed E-state index contributed by atoms with van der Waals surface area (Å²) in [6.07, 6.45) is 3.26. The number of rotatable bonds is 5. The van der Waals surface area contributed by atoms with Crippen LogP contribution < -0.4 is 5.32 Å². The lowest BCUT2D eigenvalue weighted by Crippen LogP contribution is -2.42. The lowest BCUT2D eigenvalue weighted by Gasteiger charge is -2.31. The lowest BCUT2D eigenvalue weighted by atomic mass is 10.00. The van der Waals surface area contributed by atoms with Crippen LogP contribution in [0.15, 0.2) is 11.6 Å².